The average molecular weight is 342 g/mol. The van der Waals surface area contributed by atoms with Gasteiger partial charge < -0.3 is 0 Å². The number of anilines is 2. The average Bonchev–Trinajstić information content (AvgIpc) is 3.07. The first-order valence-electron chi connectivity index (χ1n) is 8.76. The van der Waals surface area contributed by atoms with Crippen LogP contribution < -0.4 is 15.7 Å². The van der Waals surface area contributed by atoms with E-state index < -0.39 is 0 Å². The maximum atomic E-state index is 4.86. The molecule has 130 valence electrons. The summed E-state index contributed by atoms with van der Waals surface area (Å²) < 4.78 is 0. The Balaban J connectivity index is 1.78. The van der Waals surface area contributed by atoms with Crippen LogP contribution in [0.1, 0.15) is 22.3 Å². The van der Waals surface area contributed by atoms with Gasteiger partial charge in [-0.3, -0.25) is 5.43 Å². The van der Waals surface area contributed by atoms with Gasteiger partial charge in [0.2, 0.25) is 0 Å². The van der Waals surface area contributed by atoms with Gasteiger partial charge in [0, 0.05) is 5.56 Å². The van der Waals surface area contributed by atoms with Crippen molar-refractivity contribution >= 4 is 17.2 Å². The summed E-state index contributed by atoms with van der Waals surface area (Å²) in [5.74, 6) is 0.830. The Labute approximate surface area is 154 Å². The second-order valence-corrected chi connectivity index (χ2v) is 6.71. The van der Waals surface area contributed by atoms with Crippen molar-refractivity contribution in [3.8, 4) is 0 Å². The summed E-state index contributed by atoms with van der Waals surface area (Å²) in [7, 11) is 0. The molecule has 0 amide bonds. The molecule has 4 heteroatoms. The van der Waals surface area contributed by atoms with E-state index in [0.717, 1.165) is 22.8 Å². The Kier molecular flexibility index (Phi) is 4.09. The van der Waals surface area contributed by atoms with Crippen molar-refractivity contribution in [2.24, 2.45) is 5.10 Å². The van der Waals surface area contributed by atoms with Crippen LogP contribution in [0.15, 0.2) is 77.9 Å². The number of benzene rings is 3. The SMILES string of the molecule is Cc1cccc(C2=NN(c3cccc(C)c3)N(c3cccc(C)c3)N2)c1. The van der Waals surface area contributed by atoms with Gasteiger partial charge in [-0.25, -0.2) is 0 Å². The maximum Gasteiger partial charge on any atom is 0.176 e. The topological polar surface area (TPSA) is 30.9 Å². The van der Waals surface area contributed by atoms with Crippen molar-refractivity contribution < 1.29 is 0 Å². The van der Waals surface area contributed by atoms with Gasteiger partial charge in [0.25, 0.3) is 0 Å². The smallest absolute Gasteiger partial charge is 0.176 e. The number of amidine groups is 1. The third-order valence-corrected chi connectivity index (χ3v) is 4.37. The fraction of sp³-hybridized carbons (Fsp3) is 0.136. The molecule has 0 saturated heterocycles. The number of nitrogens with zero attached hydrogens (tertiary/aromatic N) is 3. The first-order valence-corrected chi connectivity index (χ1v) is 8.76. The fourth-order valence-electron chi connectivity index (χ4n) is 3.08. The first kappa shape index (κ1) is 16.2. The van der Waals surface area contributed by atoms with E-state index in [2.05, 4.69) is 99.0 Å². The van der Waals surface area contributed by atoms with Gasteiger partial charge in [-0.05, 0) is 62.2 Å². The highest BCUT2D eigenvalue weighted by Crippen LogP contribution is 2.27. The molecule has 0 unspecified atom stereocenters. The standard InChI is InChI=1S/C22H22N4/c1-16-7-4-10-19(13-16)22-23-25(20-11-5-8-17(2)14-20)26(24-22)21-12-6-9-18(3)15-21/h4-15H,1-3H3,(H,23,24). The molecule has 4 rings (SSSR count). The largest absolute Gasteiger partial charge is 0.259 e. The number of hydrogen-bond donors (Lipinski definition) is 1. The molecule has 0 aliphatic carbocycles. The number of aryl methyl sites for hydroxylation is 3. The first-order chi connectivity index (χ1) is 12.6. The molecule has 1 N–H and O–H groups in total. The highest BCUT2D eigenvalue weighted by molar-refractivity contribution is 6.02. The predicted octanol–water partition coefficient (Wildman–Crippen LogP) is 4.72. The summed E-state index contributed by atoms with van der Waals surface area (Å²) in [5.41, 5.74) is 10.2. The Morgan fingerprint density at radius 1 is 0.692 bits per heavy atom. The van der Waals surface area contributed by atoms with Gasteiger partial charge in [0.15, 0.2) is 5.84 Å². The minimum Gasteiger partial charge on any atom is -0.259 e. The minimum atomic E-state index is 0.830. The third-order valence-electron chi connectivity index (χ3n) is 4.37. The van der Waals surface area contributed by atoms with Crippen molar-refractivity contribution in [1.82, 2.24) is 5.43 Å². The van der Waals surface area contributed by atoms with E-state index in [4.69, 9.17) is 5.10 Å². The van der Waals surface area contributed by atoms with E-state index in [1.54, 1.807) is 0 Å². The molecule has 0 bridgehead atoms. The molecule has 0 radical (unpaired) electrons. The van der Waals surface area contributed by atoms with E-state index in [9.17, 15) is 0 Å². The summed E-state index contributed by atoms with van der Waals surface area (Å²) in [6, 6.07) is 25.1. The monoisotopic (exact) mass is 342 g/mol. The van der Waals surface area contributed by atoms with E-state index in [0.29, 0.717) is 0 Å². The lowest BCUT2D eigenvalue weighted by atomic mass is 10.1. The molecular formula is C22H22N4. The molecule has 3 aromatic carbocycles. The van der Waals surface area contributed by atoms with Gasteiger partial charge in [-0.1, -0.05) is 48.0 Å². The molecule has 0 saturated carbocycles. The quantitative estimate of drug-likeness (QED) is 0.747. The van der Waals surface area contributed by atoms with Gasteiger partial charge in [0.05, 0.1) is 11.4 Å². The number of hydrazine groups is 2. The zero-order valence-corrected chi connectivity index (χ0v) is 15.3. The number of rotatable bonds is 3. The van der Waals surface area contributed by atoms with Crippen molar-refractivity contribution in [1.29, 1.82) is 0 Å². The van der Waals surface area contributed by atoms with Crippen molar-refractivity contribution in [2.75, 3.05) is 10.2 Å². The lowest BCUT2D eigenvalue weighted by molar-refractivity contribution is 0.770. The minimum absolute atomic E-state index is 0.830. The number of hydrazone groups is 1. The molecule has 0 fully saturated rings. The van der Waals surface area contributed by atoms with Crippen LogP contribution in [0.4, 0.5) is 11.4 Å². The Morgan fingerprint density at radius 3 is 1.92 bits per heavy atom. The lowest BCUT2D eigenvalue weighted by Crippen LogP contribution is -2.44. The summed E-state index contributed by atoms with van der Waals surface area (Å²) in [5, 5.41) is 8.76. The van der Waals surface area contributed by atoms with Gasteiger partial charge in [-0.15, -0.1) is 5.10 Å². The van der Waals surface area contributed by atoms with Crippen LogP contribution in [0.25, 0.3) is 0 Å². The molecule has 1 heterocycles. The van der Waals surface area contributed by atoms with E-state index in [1.807, 2.05) is 10.2 Å². The zero-order chi connectivity index (χ0) is 18.1. The second-order valence-electron chi connectivity index (χ2n) is 6.71. The van der Waals surface area contributed by atoms with Crippen molar-refractivity contribution in [3.63, 3.8) is 0 Å². The van der Waals surface area contributed by atoms with Crippen molar-refractivity contribution in [2.45, 2.75) is 20.8 Å². The summed E-state index contributed by atoms with van der Waals surface area (Å²) in [6.45, 7) is 6.28. The molecular weight excluding hydrogens is 320 g/mol. The summed E-state index contributed by atoms with van der Waals surface area (Å²) >= 11 is 0. The van der Waals surface area contributed by atoms with Gasteiger partial charge >= 0.3 is 0 Å². The van der Waals surface area contributed by atoms with E-state index >= 15 is 0 Å². The van der Waals surface area contributed by atoms with Crippen LogP contribution in [0.2, 0.25) is 0 Å². The second kappa shape index (κ2) is 6.56. The van der Waals surface area contributed by atoms with E-state index in [1.165, 1.54) is 16.7 Å². The summed E-state index contributed by atoms with van der Waals surface area (Å²) in [6.07, 6.45) is 0. The molecule has 26 heavy (non-hydrogen) atoms. The van der Waals surface area contributed by atoms with Crippen LogP contribution in [-0.4, -0.2) is 5.84 Å². The Bertz CT molecular complexity index is 977. The highest BCUT2D eigenvalue weighted by atomic mass is 15.9. The van der Waals surface area contributed by atoms with E-state index in [-0.39, 0.29) is 0 Å². The Hall–Kier alpha value is -3.27. The fourth-order valence-corrected chi connectivity index (χ4v) is 3.08. The molecule has 4 nitrogen and oxygen atoms in total. The molecule has 0 spiro atoms. The highest BCUT2D eigenvalue weighted by Gasteiger charge is 2.26. The molecule has 0 atom stereocenters. The Morgan fingerprint density at radius 2 is 1.27 bits per heavy atom. The van der Waals surface area contributed by atoms with Crippen LogP contribution in [0, 0.1) is 20.8 Å². The van der Waals surface area contributed by atoms with Crippen molar-refractivity contribution in [3.05, 3.63) is 95.1 Å². The molecule has 3 aromatic rings. The molecule has 1 aliphatic rings. The molecule has 0 aromatic heterocycles. The third kappa shape index (κ3) is 3.14. The van der Waals surface area contributed by atoms with Gasteiger partial charge in [0.1, 0.15) is 0 Å². The predicted molar refractivity (Wildman–Crippen MR) is 108 cm³/mol. The lowest BCUT2D eigenvalue weighted by Gasteiger charge is -2.28. The van der Waals surface area contributed by atoms with Crippen LogP contribution in [0.3, 0.4) is 0 Å². The van der Waals surface area contributed by atoms with Gasteiger partial charge in [-0.2, -0.15) is 10.2 Å². The van der Waals surface area contributed by atoms with Crippen LogP contribution in [-0.2, 0) is 0 Å². The van der Waals surface area contributed by atoms with Crippen LogP contribution in [0.5, 0.6) is 0 Å². The number of nitrogens with one attached hydrogen (secondary N) is 1. The maximum absolute atomic E-state index is 4.86. The zero-order valence-electron chi connectivity index (χ0n) is 15.3. The summed E-state index contributed by atoms with van der Waals surface area (Å²) in [4.78, 5) is 0. The molecule has 1 aliphatic heterocycles. The number of hydrogen-bond acceptors (Lipinski definition) is 4. The van der Waals surface area contributed by atoms with Crippen LogP contribution >= 0.6 is 0 Å². The normalized spacial score (nSPS) is 13.6.